The summed E-state index contributed by atoms with van der Waals surface area (Å²) >= 11 is 0. The van der Waals surface area contributed by atoms with Crippen molar-refractivity contribution >= 4 is 11.8 Å². The van der Waals surface area contributed by atoms with Gasteiger partial charge in [-0.25, -0.2) is 4.79 Å². The summed E-state index contributed by atoms with van der Waals surface area (Å²) in [4.78, 5) is 27.5. The van der Waals surface area contributed by atoms with E-state index in [0.29, 0.717) is 23.3 Å². The first-order valence-electron chi connectivity index (χ1n) is 12.0. The fraction of sp³-hybridized carbons (Fsp3) is 0.630. The second-order valence-electron chi connectivity index (χ2n) is 11.5. The SMILES string of the molecule is CC1=C[C@]23C(=O)[C@@H](C=C(CO)[C@@H](O)[C@]2(O)[C@H]1OC(=O)c1c(C)coc1C)[C@H]1[C@@H](C[C@H]3C)C1(C)C. The molecule has 8 atom stereocenters. The van der Waals surface area contributed by atoms with E-state index in [4.69, 9.17) is 9.15 Å². The van der Waals surface area contributed by atoms with E-state index in [-0.39, 0.29) is 40.1 Å². The third kappa shape index (κ3) is 2.63. The van der Waals surface area contributed by atoms with E-state index in [1.807, 2.05) is 6.92 Å². The van der Waals surface area contributed by atoms with Gasteiger partial charge in [-0.2, -0.15) is 0 Å². The van der Waals surface area contributed by atoms with Crippen molar-refractivity contribution in [3.8, 4) is 0 Å². The van der Waals surface area contributed by atoms with Gasteiger partial charge in [0, 0.05) is 11.5 Å². The van der Waals surface area contributed by atoms with Crippen LogP contribution in [-0.2, 0) is 9.53 Å². The molecule has 0 amide bonds. The van der Waals surface area contributed by atoms with Crippen molar-refractivity contribution in [1.29, 1.82) is 0 Å². The molecule has 0 radical (unpaired) electrons. The number of aryl methyl sites for hydroxylation is 2. The van der Waals surface area contributed by atoms with Gasteiger partial charge in [0.05, 0.1) is 18.3 Å². The Morgan fingerprint density at radius 3 is 2.53 bits per heavy atom. The van der Waals surface area contributed by atoms with Gasteiger partial charge in [0.25, 0.3) is 0 Å². The maximum absolute atomic E-state index is 14.3. The molecule has 184 valence electrons. The first kappa shape index (κ1) is 23.5. The van der Waals surface area contributed by atoms with Crippen LogP contribution >= 0.6 is 0 Å². The lowest BCUT2D eigenvalue weighted by molar-refractivity contribution is -0.190. The molecule has 0 aromatic carbocycles. The zero-order valence-electron chi connectivity index (χ0n) is 20.6. The number of Topliss-reactive ketones (excluding diaryl/α,β-unsaturated/α-hetero) is 1. The number of furan rings is 1. The van der Waals surface area contributed by atoms with Crippen LogP contribution in [0.3, 0.4) is 0 Å². The van der Waals surface area contributed by atoms with Crippen LogP contribution in [0.15, 0.2) is 34.0 Å². The van der Waals surface area contributed by atoms with Crippen LogP contribution in [0.2, 0.25) is 0 Å². The van der Waals surface area contributed by atoms with Crippen molar-refractivity contribution in [1.82, 2.24) is 0 Å². The number of fused-ring (bicyclic) bond motifs is 3. The van der Waals surface area contributed by atoms with Crippen LogP contribution in [0.5, 0.6) is 0 Å². The number of rotatable bonds is 3. The molecule has 1 aromatic heterocycles. The Balaban J connectivity index is 1.65. The van der Waals surface area contributed by atoms with E-state index in [0.717, 1.165) is 0 Å². The van der Waals surface area contributed by atoms with Gasteiger partial charge in [-0.05, 0) is 61.5 Å². The van der Waals surface area contributed by atoms with E-state index in [9.17, 15) is 24.9 Å². The average molecular weight is 471 g/mol. The summed E-state index contributed by atoms with van der Waals surface area (Å²) in [6.45, 7) is 10.8. The van der Waals surface area contributed by atoms with Crippen molar-refractivity contribution in [2.45, 2.75) is 65.8 Å². The van der Waals surface area contributed by atoms with E-state index in [2.05, 4.69) is 13.8 Å². The predicted molar refractivity (Wildman–Crippen MR) is 123 cm³/mol. The van der Waals surface area contributed by atoms with Gasteiger partial charge in [0.1, 0.15) is 17.4 Å². The van der Waals surface area contributed by atoms with Gasteiger partial charge in [-0.3, -0.25) is 4.79 Å². The number of aliphatic hydroxyl groups excluding tert-OH is 2. The molecule has 1 spiro atoms. The molecule has 1 aromatic rings. The highest BCUT2D eigenvalue weighted by atomic mass is 16.6. The van der Waals surface area contributed by atoms with Crippen LogP contribution in [0.4, 0.5) is 0 Å². The molecule has 5 rings (SSSR count). The standard InChI is InChI=1S/C27H34O7/c1-12-9-26-14(3)7-18-20(25(18,5)6)17(22(26)30)8-16(10-28)21(29)27(26,32)23(12)34-24(31)19-13(2)11-33-15(19)4/h8-9,11,14,17-18,20-21,23,28-29,32H,7,10H2,1-6H3/t14-,17+,18-,20+,21-,23+,26+,27+/m1/s1. The molecule has 2 fully saturated rings. The molecule has 1 heterocycles. The lowest BCUT2D eigenvalue weighted by Gasteiger charge is -2.48. The summed E-state index contributed by atoms with van der Waals surface area (Å²) in [6.07, 6.45) is 2.73. The molecule has 2 saturated carbocycles. The molecule has 0 unspecified atom stereocenters. The Morgan fingerprint density at radius 1 is 1.26 bits per heavy atom. The van der Waals surface area contributed by atoms with Crippen molar-refractivity contribution in [3.05, 3.63) is 46.4 Å². The van der Waals surface area contributed by atoms with Crippen molar-refractivity contribution < 1.29 is 34.1 Å². The Morgan fingerprint density at radius 2 is 1.94 bits per heavy atom. The lowest BCUT2D eigenvalue weighted by Crippen LogP contribution is -2.65. The van der Waals surface area contributed by atoms with Crippen LogP contribution in [0.25, 0.3) is 0 Å². The number of hydrogen-bond donors (Lipinski definition) is 3. The van der Waals surface area contributed by atoms with E-state index < -0.39 is 41.7 Å². The summed E-state index contributed by atoms with van der Waals surface area (Å²) in [5.74, 6) is -0.942. The van der Waals surface area contributed by atoms with Crippen LogP contribution in [0, 0.1) is 48.3 Å². The summed E-state index contributed by atoms with van der Waals surface area (Å²) in [6, 6.07) is 0. The molecule has 4 aliphatic carbocycles. The van der Waals surface area contributed by atoms with Crippen LogP contribution in [-0.4, -0.2) is 51.5 Å². The fourth-order valence-electron chi connectivity index (χ4n) is 7.64. The maximum atomic E-state index is 14.3. The second kappa shape index (κ2) is 7.15. The number of esters is 1. The molecule has 2 bridgehead atoms. The second-order valence-corrected chi connectivity index (χ2v) is 11.5. The number of ketones is 1. The highest BCUT2D eigenvalue weighted by molar-refractivity contribution is 5.96. The van der Waals surface area contributed by atoms with E-state index in [1.165, 1.54) is 6.26 Å². The zero-order valence-corrected chi connectivity index (χ0v) is 20.6. The summed E-state index contributed by atoms with van der Waals surface area (Å²) < 4.78 is 11.2. The van der Waals surface area contributed by atoms with Gasteiger partial charge >= 0.3 is 5.97 Å². The van der Waals surface area contributed by atoms with Gasteiger partial charge in [-0.15, -0.1) is 0 Å². The largest absolute Gasteiger partial charge is 0.468 e. The quantitative estimate of drug-likeness (QED) is 0.459. The zero-order chi connectivity index (χ0) is 25.0. The average Bonchev–Trinajstić information content (AvgIpc) is 3.05. The highest BCUT2D eigenvalue weighted by Crippen LogP contribution is 2.71. The molecular weight excluding hydrogens is 436 g/mol. The molecule has 3 N–H and O–H groups in total. The van der Waals surface area contributed by atoms with Gasteiger partial charge in [0.2, 0.25) is 0 Å². The molecular formula is C27H34O7. The maximum Gasteiger partial charge on any atom is 0.342 e. The molecule has 0 aliphatic heterocycles. The minimum absolute atomic E-state index is 0.0414. The van der Waals surface area contributed by atoms with Gasteiger partial charge in [0.15, 0.2) is 17.5 Å². The topological polar surface area (TPSA) is 117 Å². The number of carbonyl (C=O) groups is 2. The smallest absolute Gasteiger partial charge is 0.342 e. The van der Waals surface area contributed by atoms with Crippen LogP contribution in [0.1, 0.15) is 55.8 Å². The first-order chi connectivity index (χ1) is 15.8. The fourth-order valence-corrected chi connectivity index (χ4v) is 7.64. The third-order valence-electron chi connectivity index (χ3n) is 9.48. The van der Waals surface area contributed by atoms with Crippen molar-refractivity contribution in [3.63, 3.8) is 0 Å². The normalized spacial score (nSPS) is 42.1. The Labute approximate surface area is 199 Å². The molecule has 34 heavy (non-hydrogen) atoms. The van der Waals surface area contributed by atoms with Crippen LogP contribution < -0.4 is 0 Å². The predicted octanol–water partition coefficient (Wildman–Crippen LogP) is 2.89. The van der Waals surface area contributed by atoms with E-state index in [1.54, 1.807) is 32.9 Å². The molecule has 4 aliphatic rings. The van der Waals surface area contributed by atoms with Gasteiger partial charge in [-0.1, -0.05) is 32.9 Å². The highest BCUT2D eigenvalue weighted by Gasteiger charge is 2.76. The Bertz CT molecular complexity index is 1120. The minimum Gasteiger partial charge on any atom is -0.468 e. The molecule has 7 nitrogen and oxygen atoms in total. The number of allylic oxidation sites excluding steroid dienone is 1. The Kier molecular flexibility index (Phi) is 4.95. The van der Waals surface area contributed by atoms with Gasteiger partial charge < -0.3 is 24.5 Å². The minimum atomic E-state index is -2.14. The number of aliphatic hydroxyl groups is 3. The van der Waals surface area contributed by atoms with Crippen molar-refractivity contribution in [2.75, 3.05) is 6.61 Å². The molecule has 0 saturated heterocycles. The third-order valence-corrected chi connectivity index (χ3v) is 9.48. The molecule has 7 heteroatoms. The number of carbonyl (C=O) groups excluding carboxylic acids is 2. The summed E-state index contributed by atoms with van der Waals surface area (Å²) in [7, 11) is 0. The lowest BCUT2D eigenvalue weighted by atomic mass is 9.59. The monoisotopic (exact) mass is 470 g/mol. The summed E-state index contributed by atoms with van der Waals surface area (Å²) in [5, 5.41) is 34.1. The number of hydrogen-bond acceptors (Lipinski definition) is 7. The summed E-state index contributed by atoms with van der Waals surface area (Å²) in [5.41, 5.74) is -2.05. The Hall–Kier alpha value is -2.22. The van der Waals surface area contributed by atoms with E-state index >= 15 is 0 Å². The first-order valence-corrected chi connectivity index (χ1v) is 12.0. The van der Waals surface area contributed by atoms with Crippen molar-refractivity contribution in [2.24, 2.45) is 34.5 Å². The number of ether oxygens (including phenoxy) is 1.